The fraction of sp³-hybridized carbons (Fsp3) is 0.611. The Balaban J connectivity index is 2.41. The van der Waals surface area contributed by atoms with Crippen LogP contribution in [-0.4, -0.2) is 24.4 Å². The van der Waals surface area contributed by atoms with Gasteiger partial charge in [0.05, 0.1) is 18.8 Å². The highest BCUT2D eigenvalue weighted by Crippen LogP contribution is 2.46. The molecule has 0 unspecified atom stereocenters. The van der Waals surface area contributed by atoms with Gasteiger partial charge in [0, 0.05) is 17.5 Å². The number of nitrogen functional groups attached to an aromatic ring is 1. The number of rotatable bonds is 2. The zero-order valence-corrected chi connectivity index (χ0v) is 15.5. The minimum absolute atomic E-state index is 0.0193. The van der Waals surface area contributed by atoms with Crippen molar-refractivity contribution in [2.24, 2.45) is 5.92 Å². The van der Waals surface area contributed by atoms with Gasteiger partial charge in [0.15, 0.2) is 0 Å². The van der Waals surface area contributed by atoms with Gasteiger partial charge in [0.1, 0.15) is 22.7 Å². The van der Waals surface area contributed by atoms with Gasteiger partial charge < -0.3 is 25.3 Å². The topological polar surface area (TPSA) is 82.8 Å². The average molecular weight is 336 g/mol. The first-order chi connectivity index (χ1) is 10.9. The van der Waals surface area contributed by atoms with Crippen LogP contribution in [0, 0.1) is 5.92 Å². The molecule has 0 spiro atoms. The average Bonchev–Trinajstić information content (AvgIpc) is 2.41. The summed E-state index contributed by atoms with van der Waals surface area (Å²) in [4.78, 5) is 12.3. The Bertz CT molecular complexity index is 635. The van der Waals surface area contributed by atoms with Crippen molar-refractivity contribution in [3.63, 3.8) is 0 Å². The Labute approximate surface area is 143 Å². The third kappa shape index (κ3) is 3.68. The molecule has 24 heavy (non-hydrogen) atoms. The quantitative estimate of drug-likeness (QED) is 0.806. The SMILES string of the molecule is COc1cc2c(cc1N)OC(C)(C)[C@H](C)[C@H]2NC(=O)OC(C)(C)C. The van der Waals surface area contributed by atoms with Crippen LogP contribution >= 0.6 is 0 Å². The van der Waals surface area contributed by atoms with Crippen LogP contribution < -0.4 is 20.5 Å². The second kappa shape index (κ2) is 6.07. The van der Waals surface area contributed by atoms with E-state index in [9.17, 15) is 4.79 Å². The Morgan fingerprint density at radius 2 is 1.96 bits per heavy atom. The van der Waals surface area contributed by atoms with E-state index in [1.54, 1.807) is 13.2 Å². The maximum atomic E-state index is 12.3. The molecule has 134 valence electrons. The molecular weight excluding hydrogens is 308 g/mol. The van der Waals surface area contributed by atoms with Gasteiger partial charge in [-0.15, -0.1) is 0 Å². The van der Waals surface area contributed by atoms with E-state index in [-0.39, 0.29) is 12.0 Å². The number of hydrogen-bond acceptors (Lipinski definition) is 5. The summed E-state index contributed by atoms with van der Waals surface area (Å²) in [5, 5.41) is 2.97. The van der Waals surface area contributed by atoms with Crippen LogP contribution in [0.5, 0.6) is 11.5 Å². The highest BCUT2D eigenvalue weighted by molar-refractivity contribution is 5.70. The highest BCUT2D eigenvalue weighted by atomic mass is 16.6. The van der Waals surface area contributed by atoms with Crippen molar-refractivity contribution >= 4 is 11.8 Å². The first-order valence-electron chi connectivity index (χ1n) is 8.10. The number of ether oxygens (including phenoxy) is 3. The number of fused-ring (bicyclic) bond motifs is 1. The van der Waals surface area contributed by atoms with Crippen molar-refractivity contribution < 1.29 is 19.0 Å². The van der Waals surface area contributed by atoms with Crippen molar-refractivity contribution in [2.75, 3.05) is 12.8 Å². The Hall–Kier alpha value is -2.11. The molecule has 0 saturated heterocycles. The van der Waals surface area contributed by atoms with Crippen molar-refractivity contribution in [1.82, 2.24) is 5.32 Å². The number of nitrogens with two attached hydrogens (primary N) is 1. The molecule has 1 aromatic rings. The molecule has 3 N–H and O–H groups in total. The van der Waals surface area contributed by atoms with Crippen LogP contribution in [0.25, 0.3) is 0 Å². The molecule has 0 aliphatic carbocycles. The smallest absolute Gasteiger partial charge is 0.408 e. The molecule has 6 heteroatoms. The zero-order valence-electron chi connectivity index (χ0n) is 15.5. The summed E-state index contributed by atoms with van der Waals surface area (Å²) in [5.74, 6) is 1.23. The van der Waals surface area contributed by atoms with E-state index in [2.05, 4.69) is 5.32 Å². The molecule has 1 aliphatic heterocycles. The van der Waals surface area contributed by atoms with Gasteiger partial charge in [-0.1, -0.05) is 6.92 Å². The maximum Gasteiger partial charge on any atom is 0.408 e. The number of alkyl carbamates (subject to hydrolysis) is 1. The molecular formula is C18H28N2O4. The highest BCUT2D eigenvalue weighted by Gasteiger charge is 2.42. The minimum Gasteiger partial charge on any atom is -0.495 e. The number of hydrogen-bond donors (Lipinski definition) is 2. The molecule has 1 amide bonds. The fourth-order valence-electron chi connectivity index (χ4n) is 2.78. The normalized spacial score (nSPS) is 22.1. The van der Waals surface area contributed by atoms with E-state index in [1.165, 1.54) is 0 Å². The molecule has 0 bridgehead atoms. The van der Waals surface area contributed by atoms with E-state index in [0.717, 1.165) is 5.56 Å². The van der Waals surface area contributed by atoms with Gasteiger partial charge in [0.25, 0.3) is 0 Å². The molecule has 0 saturated carbocycles. The molecule has 0 aromatic heterocycles. The van der Waals surface area contributed by atoms with E-state index in [0.29, 0.717) is 17.2 Å². The largest absolute Gasteiger partial charge is 0.495 e. The second-order valence-electron chi connectivity index (χ2n) is 7.75. The maximum absolute atomic E-state index is 12.3. The third-order valence-corrected chi connectivity index (χ3v) is 4.34. The van der Waals surface area contributed by atoms with Crippen molar-refractivity contribution in [3.05, 3.63) is 17.7 Å². The van der Waals surface area contributed by atoms with Crippen LogP contribution in [0.4, 0.5) is 10.5 Å². The Morgan fingerprint density at radius 1 is 1.33 bits per heavy atom. The van der Waals surface area contributed by atoms with Crippen LogP contribution in [0.15, 0.2) is 12.1 Å². The summed E-state index contributed by atoms with van der Waals surface area (Å²) >= 11 is 0. The number of nitrogens with one attached hydrogen (secondary N) is 1. The summed E-state index contributed by atoms with van der Waals surface area (Å²) in [6, 6.07) is 3.29. The third-order valence-electron chi connectivity index (χ3n) is 4.34. The summed E-state index contributed by atoms with van der Waals surface area (Å²) in [6.45, 7) is 11.5. The molecule has 1 aromatic carbocycles. The van der Waals surface area contributed by atoms with Crippen molar-refractivity contribution in [2.45, 2.75) is 58.8 Å². The number of carbonyl (C=O) groups excluding carboxylic acids is 1. The lowest BCUT2D eigenvalue weighted by Crippen LogP contribution is -2.49. The van der Waals surface area contributed by atoms with Crippen molar-refractivity contribution in [1.29, 1.82) is 0 Å². The number of benzene rings is 1. The Morgan fingerprint density at radius 3 is 2.50 bits per heavy atom. The zero-order chi connectivity index (χ0) is 18.3. The Kier molecular flexibility index (Phi) is 4.61. The van der Waals surface area contributed by atoms with Gasteiger partial charge in [-0.2, -0.15) is 0 Å². The van der Waals surface area contributed by atoms with Crippen LogP contribution in [0.1, 0.15) is 53.1 Å². The molecule has 2 atom stereocenters. The number of amides is 1. The monoisotopic (exact) mass is 336 g/mol. The summed E-state index contributed by atoms with van der Waals surface area (Å²) in [5.41, 5.74) is 6.30. The summed E-state index contributed by atoms with van der Waals surface area (Å²) in [7, 11) is 1.56. The predicted octanol–water partition coefficient (Wildman–Crippen LogP) is 3.65. The van der Waals surface area contributed by atoms with E-state index < -0.39 is 17.3 Å². The molecule has 2 rings (SSSR count). The van der Waals surface area contributed by atoms with E-state index in [1.807, 2.05) is 47.6 Å². The number of carbonyl (C=O) groups is 1. The molecule has 1 aliphatic rings. The minimum atomic E-state index is -0.560. The van der Waals surface area contributed by atoms with Gasteiger partial charge >= 0.3 is 6.09 Å². The van der Waals surface area contributed by atoms with Crippen LogP contribution in [0.3, 0.4) is 0 Å². The van der Waals surface area contributed by atoms with Gasteiger partial charge in [0.2, 0.25) is 0 Å². The van der Waals surface area contributed by atoms with Gasteiger partial charge in [-0.25, -0.2) is 4.79 Å². The second-order valence-corrected chi connectivity index (χ2v) is 7.75. The summed E-state index contributed by atoms with van der Waals surface area (Å²) < 4.78 is 16.8. The lowest BCUT2D eigenvalue weighted by atomic mass is 9.79. The number of anilines is 1. The predicted molar refractivity (Wildman–Crippen MR) is 93.4 cm³/mol. The lowest BCUT2D eigenvalue weighted by molar-refractivity contribution is 0.00471. The van der Waals surface area contributed by atoms with Crippen LogP contribution in [0.2, 0.25) is 0 Å². The molecule has 0 radical (unpaired) electrons. The summed E-state index contributed by atoms with van der Waals surface area (Å²) in [6.07, 6.45) is -0.459. The molecule has 6 nitrogen and oxygen atoms in total. The lowest BCUT2D eigenvalue weighted by Gasteiger charge is -2.43. The molecule has 1 heterocycles. The fourth-order valence-corrected chi connectivity index (χ4v) is 2.78. The van der Waals surface area contributed by atoms with Crippen LogP contribution in [-0.2, 0) is 4.74 Å². The van der Waals surface area contributed by atoms with Gasteiger partial charge in [-0.05, 0) is 40.7 Å². The number of methoxy groups -OCH3 is 1. The first-order valence-corrected chi connectivity index (χ1v) is 8.10. The molecule has 0 fully saturated rings. The van der Waals surface area contributed by atoms with E-state index in [4.69, 9.17) is 19.9 Å². The first kappa shape index (κ1) is 18.2. The van der Waals surface area contributed by atoms with Crippen molar-refractivity contribution in [3.8, 4) is 11.5 Å². The van der Waals surface area contributed by atoms with E-state index >= 15 is 0 Å². The standard InChI is InChI=1S/C18H28N2O4/c1-10-15(20-16(21)24-17(2,3)4)11-8-14(22-7)12(19)9-13(11)23-18(10,5)6/h8-10,15H,19H2,1-7H3,(H,20,21)/t10-,15-/m1/s1. The van der Waals surface area contributed by atoms with Gasteiger partial charge in [-0.3, -0.25) is 0 Å².